The number of amides is 1. The third kappa shape index (κ3) is 2.06. The summed E-state index contributed by atoms with van der Waals surface area (Å²) in [5, 5.41) is 8.94. The second-order valence-corrected chi connectivity index (χ2v) is 5.45. The van der Waals surface area contributed by atoms with Crippen LogP contribution >= 0.6 is 11.3 Å². The van der Waals surface area contributed by atoms with Crippen molar-refractivity contribution in [3.05, 3.63) is 40.3 Å². The normalized spacial score (nSPS) is 20.0. The standard InChI is InChI=1S/C13H15N3OS/c17-13(12-5-3-9-18-12)16-8-2-1-4-11(16)10-6-7-14-15-10/h3,5-7,9,11H,1-2,4,8H2,(H,14,15)/t11-/m1/s1. The number of aromatic nitrogens is 2. The molecule has 1 fully saturated rings. The maximum Gasteiger partial charge on any atom is 0.264 e. The maximum absolute atomic E-state index is 12.5. The monoisotopic (exact) mass is 261 g/mol. The van der Waals surface area contributed by atoms with Crippen LogP contribution in [-0.2, 0) is 0 Å². The quantitative estimate of drug-likeness (QED) is 0.903. The topological polar surface area (TPSA) is 49.0 Å². The van der Waals surface area contributed by atoms with Crippen LogP contribution in [0.15, 0.2) is 29.8 Å². The van der Waals surface area contributed by atoms with Gasteiger partial charge in [-0.25, -0.2) is 0 Å². The highest BCUT2D eigenvalue weighted by Crippen LogP contribution is 2.31. The van der Waals surface area contributed by atoms with Gasteiger partial charge in [0.2, 0.25) is 0 Å². The molecular weight excluding hydrogens is 246 g/mol. The molecule has 4 nitrogen and oxygen atoms in total. The van der Waals surface area contributed by atoms with Crippen LogP contribution in [0.3, 0.4) is 0 Å². The van der Waals surface area contributed by atoms with Gasteiger partial charge in [-0.2, -0.15) is 5.10 Å². The van der Waals surface area contributed by atoms with E-state index in [9.17, 15) is 4.79 Å². The van der Waals surface area contributed by atoms with Gasteiger partial charge in [0.25, 0.3) is 5.91 Å². The van der Waals surface area contributed by atoms with Crippen molar-refractivity contribution in [1.82, 2.24) is 15.1 Å². The highest BCUT2D eigenvalue weighted by Gasteiger charge is 2.29. The first-order valence-electron chi connectivity index (χ1n) is 6.20. The van der Waals surface area contributed by atoms with Crippen molar-refractivity contribution in [3.8, 4) is 0 Å². The molecule has 94 valence electrons. The molecule has 0 spiro atoms. The molecule has 3 heterocycles. The third-order valence-electron chi connectivity index (χ3n) is 3.38. The number of carbonyl (C=O) groups excluding carboxylic acids is 1. The number of hydrogen-bond donors (Lipinski definition) is 1. The van der Waals surface area contributed by atoms with Gasteiger partial charge in [0.05, 0.1) is 16.6 Å². The van der Waals surface area contributed by atoms with E-state index < -0.39 is 0 Å². The van der Waals surface area contributed by atoms with E-state index in [1.807, 2.05) is 28.5 Å². The number of carbonyl (C=O) groups is 1. The molecule has 0 bridgehead atoms. The van der Waals surface area contributed by atoms with Gasteiger partial charge >= 0.3 is 0 Å². The molecule has 1 amide bonds. The Balaban J connectivity index is 1.86. The van der Waals surface area contributed by atoms with E-state index in [1.165, 1.54) is 11.3 Å². The van der Waals surface area contributed by atoms with Crippen LogP contribution in [0.1, 0.15) is 40.7 Å². The van der Waals surface area contributed by atoms with E-state index in [0.717, 1.165) is 36.4 Å². The summed E-state index contributed by atoms with van der Waals surface area (Å²) in [4.78, 5) is 15.3. The Morgan fingerprint density at radius 1 is 1.44 bits per heavy atom. The van der Waals surface area contributed by atoms with Crippen molar-refractivity contribution in [2.75, 3.05) is 6.54 Å². The molecule has 1 aliphatic heterocycles. The van der Waals surface area contributed by atoms with Crippen molar-refractivity contribution in [2.45, 2.75) is 25.3 Å². The van der Waals surface area contributed by atoms with E-state index in [4.69, 9.17) is 0 Å². The molecule has 0 radical (unpaired) electrons. The third-order valence-corrected chi connectivity index (χ3v) is 4.23. The first-order chi connectivity index (χ1) is 8.86. The van der Waals surface area contributed by atoms with Gasteiger partial charge in [-0.3, -0.25) is 9.89 Å². The zero-order chi connectivity index (χ0) is 12.4. The van der Waals surface area contributed by atoms with Crippen LogP contribution in [0.2, 0.25) is 0 Å². The molecule has 0 aromatic carbocycles. The van der Waals surface area contributed by atoms with Crippen LogP contribution in [0.5, 0.6) is 0 Å². The fraction of sp³-hybridized carbons (Fsp3) is 0.385. The molecule has 1 aliphatic rings. The Morgan fingerprint density at radius 3 is 3.11 bits per heavy atom. The Morgan fingerprint density at radius 2 is 2.39 bits per heavy atom. The lowest BCUT2D eigenvalue weighted by molar-refractivity contribution is 0.0611. The van der Waals surface area contributed by atoms with Crippen molar-refractivity contribution in [3.63, 3.8) is 0 Å². The molecule has 1 saturated heterocycles. The zero-order valence-electron chi connectivity index (χ0n) is 10.0. The summed E-state index contributed by atoms with van der Waals surface area (Å²) < 4.78 is 0. The summed E-state index contributed by atoms with van der Waals surface area (Å²) >= 11 is 1.51. The van der Waals surface area contributed by atoms with Crippen molar-refractivity contribution in [2.24, 2.45) is 0 Å². The summed E-state index contributed by atoms with van der Waals surface area (Å²) in [6.45, 7) is 0.834. The number of hydrogen-bond acceptors (Lipinski definition) is 3. The van der Waals surface area contributed by atoms with Gasteiger partial charge < -0.3 is 4.90 Å². The van der Waals surface area contributed by atoms with Crippen LogP contribution in [0.4, 0.5) is 0 Å². The minimum atomic E-state index is 0.143. The number of thiophene rings is 1. The maximum atomic E-state index is 12.5. The molecule has 5 heteroatoms. The minimum absolute atomic E-state index is 0.143. The number of rotatable bonds is 2. The first-order valence-corrected chi connectivity index (χ1v) is 7.08. The average Bonchev–Trinajstić information content (AvgIpc) is 3.11. The fourth-order valence-electron chi connectivity index (χ4n) is 2.49. The van der Waals surface area contributed by atoms with Crippen molar-refractivity contribution in [1.29, 1.82) is 0 Å². The predicted octanol–water partition coefficient (Wildman–Crippen LogP) is 2.84. The molecule has 0 aliphatic carbocycles. The second-order valence-electron chi connectivity index (χ2n) is 4.50. The van der Waals surface area contributed by atoms with Gasteiger partial charge in [0.15, 0.2) is 0 Å². The number of aromatic amines is 1. The summed E-state index contributed by atoms with van der Waals surface area (Å²) in [6, 6.07) is 5.93. The molecule has 3 rings (SSSR count). The molecule has 1 N–H and O–H groups in total. The molecule has 2 aromatic heterocycles. The molecule has 18 heavy (non-hydrogen) atoms. The number of piperidine rings is 1. The van der Waals surface area contributed by atoms with E-state index in [-0.39, 0.29) is 11.9 Å². The van der Waals surface area contributed by atoms with E-state index in [2.05, 4.69) is 10.2 Å². The van der Waals surface area contributed by atoms with E-state index in [1.54, 1.807) is 6.20 Å². The van der Waals surface area contributed by atoms with E-state index in [0.29, 0.717) is 0 Å². The van der Waals surface area contributed by atoms with Gasteiger partial charge in [-0.1, -0.05) is 6.07 Å². The van der Waals surface area contributed by atoms with Crippen LogP contribution < -0.4 is 0 Å². The Bertz CT molecular complexity index is 506. The lowest BCUT2D eigenvalue weighted by Gasteiger charge is -2.34. The Hall–Kier alpha value is -1.62. The highest BCUT2D eigenvalue weighted by molar-refractivity contribution is 7.12. The second kappa shape index (κ2) is 4.94. The number of likely N-dealkylation sites (tertiary alicyclic amines) is 1. The lowest BCUT2D eigenvalue weighted by atomic mass is 9.99. The van der Waals surface area contributed by atoms with Crippen LogP contribution in [0, 0.1) is 0 Å². The Labute approximate surface area is 110 Å². The molecule has 0 saturated carbocycles. The summed E-state index contributed by atoms with van der Waals surface area (Å²) in [7, 11) is 0. The SMILES string of the molecule is O=C(c1cccs1)N1CCCC[C@@H]1c1ccn[nH]1. The van der Waals surface area contributed by atoms with E-state index >= 15 is 0 Å². The summed E-state index contributed by atoms with van der Waals surface area (Å²) in [5.41, 5.74) is 1.04. The highest BCUT2D eigenvalue weighted by atomic mass is 32.1. The smallest absolute Gasteiger partial charge is 0.264 e. The number of H-pyrrole nitrogens is 1. The van der Waals surface area contributed by atoms with Gasteiger partial charge in [0.1, 0.15) is 0 Å². The Kier molecular flexibility index (Phi) is 3.15. The number of nitrogens with one attached hydrogen (secondary N) is 1. The van der Waals surface area contributed by atoms with Crippen molar-refractivity contribution >= 4 is 17.2 Å². The molecular formula is C13H15N3OS. The zero-order valence-corrected chi connectivity index (χ0v) is 10.8. The molecule has 1 atom stereocenters. The first kappa shape index (κ1) is 11.5. The van der Waals surface area contributed by atoms with Gasteiger partial charge in [0, 0.05) is 12.7 Å². The molecule has 0 unspecified atom stereocenters. The minimum Gasteiger partial charge on any atom is -0.329 e. The molecule has 2 aromatic rings. The predicted molar refractivity (Wildman–Crippen MR) is 70.5 cm³/mol. The summed E-state index contributed by atoms with van der Waals surface area (Å²) in [5.74, 6) is 0.143. The lowest BCUT2D eigenvalue weighted by Crippen LogP contribution is -2.38. The van der Waals surface area contributed by atoms with Crippen LogP contribution in [0.25, 0.3) is 0 Å². The fourth-order valence-corrected chi connectivity index (χ4v) is 3.17. The van der Waals surface area contributed by atoms with Crippen LogP contribution in [-0.4, -0.2) is 27.5 Å². The summed E-state index contributed by atoms with van der Waals surface area (Å²) in [6.07, 6.45) is 5.01. The largest absolute Gasteiger partial charge is 0.329 e. The van der Waals surface area contributed by atoms with Gasteiger partial charge in [-0.05, 0) is 36.8 Å². The average molecular weight is 261 g/mol. The van der Waals surface area contributed by atoms with Crippen molar-refractivity contribution < 1.29 is 4.79 Å². The number of nitrogens with zero attached hydrogens (tertiary/aromatic N) is 2. The van der Waals surface area contributed by atoms with Gasteiger partial charge in [-0.15, -0.1) is 11.3 Å².